The van der Waals surface area contributed by atoms with E-state index in [1.165, 1.54) is 30.3 Å². The molecule has 0 fully saturated rings. The van der Waals surface area contributed by atoms with Gasteiger partial charge in [0.15, 0.2) is 0 Å². The summed E-state index contributed by atoms with van der Waals surface area (Å²) in [5, 5.41) is 4.95. The molecule has 0 unspecified atom stereocenters. The predicted octanol–water partition coefficient (Wildman–Crippen LogP) is 2.54. The number of anilines is 1. The molecule has 0 saturated heterocycles. The van der Waals surface area contributed by atoms with E-state index in [1.54, 1.807) is 0 Å². The number of halogens is 2. The Balaban J connectivity index is 1.75. The van der Waals surface area contributed by atoms with Gasteiger partial charge >= 0.3 is 0 Å². The quantitative estimate of drug-likeness (QED) is 0.848. The molecule has 1 aliphatic rings. The van der Waals surface area contributed by atoms with E-state index in [9.17, 15) is 18.8 Å². The first-order valence-corrected chi connectivity index (χ1v) is 7.05. The second-order valence-corrected chi connectivity index (χ2v) is 5.41. The first-order chi connectivity index (χ1) is 10.9. The average Bonchev–Trinajstić information content (AvgIpc) is 2.77. The summed E-state index contributed by atoms with van der Waals surface area (Å²) < 4.78 is 13.0. The van der Waals surface area contributed by atoms with Gasteiger partial charge in [0.1, 0.15) is 5.82 Å². The van der Waals surface area contributed by atoms with E-state index in [4.69, 9.17) is 11.6 Å². The van der Waals surface area contributed by atoms with Gasteiger partial charge in [0.05, 0.1) is 17.5 Å². The van der Waals surface area contributed by atoms with Gasteiger partial charge in [0.25, 0.3) is 11.8 Å². The van der Waals surface area contributed by atoms with Crippen LogP contribution in [0.15, 0.2) is 36.4 Å². The van der Waals surface area contributed by atoms with Gasteiger partial charge in [-0.15, -0.1) is 0 Å². The summed E-state index contributed by atoms with van der Waals surface area (Å²) in [6, 6.07) is 8.22. The number of hydrogen-bond acceptors (Lipinski definition) is 3. The first-order valence-electron chi connectivity index (χ1n) is 6.67. The van der Waals surface area contributed by atoms with Gasteiger partial charge in [-0.05, 0) is 35.9 Å². The van der Waals surface area contributed by atoms with E-state index in [2.05, 4.69) is 10.6 Å². The van der Waals surface area contributed by atoms with Crippen LogP contribution < -0.4 is 10.6 Å². The minimum absolute atomic E-state index is 0.0404. The lowest BCUT2D eigenvalue weighted by Crippen LogP contribution is -2.19. The smallest absolute Gasteiger partial charge is 0.259 e. The fourth-order valence-corrected chi connectivity index (χ4v) is 2.52. The minimum atomic E-state index is -0.498. The van der Waals surface area contributed by atoms with Crippen molar-refractivity contribution in [1.29, 1.82) is 0 Å². The molecule has 1 heterocycles. The number of carbonyl (C=O) groups is 3. The molecule has 23 heavy (non-hydrogen) atoms. The van der Waals surface area contributed by atoms with Gasteiger partial charge < -0.3 is 5.32 Å². The van der Waals surface area contributed by atoms with Crippen LogP contribution >= 0.6 is 11.6 Å². The average molecular weight is 333 g/mol. The topological polar surface area (TPSA) is 75.3 Å². The Morgan fingerprint density at radius 1 is 1.09 bits per heavy atom. The Labute approximate surface area is 135 Å². The Kier molecular flexibility index (Phi) is 3.83. The monoisotopic (exact) mass is 332 g/mol. The van der Waals surface area contributed by atoms with Crippen molar-refractivity contribution in [2.24, 2.45) is 0 Å². The standard InChI is InChI=1S/C16H10ClFN2O3/c17-13-6-9(18)2-1-8(13)5-14(21)19-10-3-4-11-12(7-10)16(23)20-15(11)22/h1-4,6-7H,5H2,(H,19,21)(H,20,22,23). The van der Waals surface area contributed by atoms with Gasteiger partial charge in [-0.2, -0.15) is 0 Å². The molecule has 2 aromatic carbocycles. The SMILES string of the molecule is O=C(Cc1ccc(F)cc1Cl)Nc1ccc2c(c1)C(=O)NC2=O. The van der Waals surface area contributed by atoms with Gasteiger partial charge in [-0.3, -0.25) is 19.7 Å². The molecule has 0 aliphatic carbocycles. The second-order valence-electron chi connectivity index (χ2n) is 5.00. The highest BCUT2D eigenvalue weighted by atomic mass is 35.5. The lowest BCUT2D eigenvalue weighted by molar-refractivity contribution is -0.115. The van der Waals surface area contributed by atoms with Crippen molar-refractivity contribution in [2.75, 3.05) is 5.32 Å². The Hall–Kier alpha value is -2.73. The predicted molar refractivity (Wildman–Crippen MR) is 82.0 cm³/mol. The van der Waals surface area contributed by atoms with E-state index in [0.29, 0.717) is 11.3 Å². The molecule has 0 bridgehead atoms. The van der Waals surface area contributed by atoms with Gasteiger partial charge in [0, 0.05) is 10.7 Å². The maximum Gasteiger partial charge on any atom is 0.259 e. The Morgan fingerprint density at radius 2 is 1.83 bits per heavy atom. The third kappa shape index (κ3) is 3.07. The zero-order valence-corrected chi connectivity index (χ0v) is 12.4. The highest BCUT2D eigenvalue weighted by Gasteiger charge is 2.26. The minimum Gasteiger partial charge on any atom is -0.326 e. The molecule has 0 aromatic heterocycles. The van der Waals surface area contributed by atoms with Gasteiger partial charge in [0.2, 0.25) is 5.91 Å². The number of rotatable bonds is 3. The van der Waals surface area contributed by atoms with Crippen LogP contribution in [0.4, 0.5) is 10.1 Å². The zero-order valence-electron chi connectivity index (χ0n) is 11.7. The van der Waals surface area contributed by atoms with Crippen LogP contribution in [0.25, 0.3) is 0 Å². The Bertz CT molecular complexity index is 851. The van der Waals surface area contributed by atoms with E-state index >= 15 is 0 Å². The number of imide groups is 1. The summed E-state index contributed by atoms with van der Waals surface area (Å²) in [4.78, 5) is 35.1. The van der Waals surface area contributed by atoms with Crippen LogP contribution in [-0.4, -0.2) is 17.7 Å². The van der Waals surface area contributed by atoms with Crippen molar-refractivity contribution >= 4 is 35.0 Å². The summed E-state index contributed by atoms with van der Waals surface area (Å²) in [6.07, 6.45) is -0.0404. The molecule has 0 radical (unpaired) electrons. The molecule has 1 aliphatic heterocycles. The molecule has 7 heteroatoms. The largest absolute Gasteiger partial charge is 0.326 e. The highest BCUT2D eigenvalue weighted by molar-refractivity contribution is 6.31. The summed E-state index contributed by atoms with van der Waals surface area (Å²) >= 11 is 5.88. The van der Waals surface area contributed by atoms with Crippen LogP contribution in [0, 0.1) is 5.82 Å². The van der Waals surface area contributed by atoms with E-state index in [-0.39, 0.29) is 28.5 Å². The highest BCUT2D eigenvalue weighted by Crippen LogP contribution is 2.21. The molecule has 116 valence electrons. The summed E-state index contributed by atoms with van der Waals surface area (Å²) in [5.41, 5.74) is 1.36. The lowest BCUT2D eigenvalue weighted by Gasteiger charge is -2.07. The van der Waals surface area contributed by atoms with Crippen LogP contribution in [0.2, 0.25) is 5.02 Å². The fourth-order valence-electron chi connectivity index (χ4n) is 2.29. The molecular weight excluding hydrogens is 323 g/mol. The van der Waals surface area contributed by atoms with Crippen molar-refractivity contribution < 1.29 is 18.8 Å². The summed E-state index contributed by atoms with van der Waals surface area (Å²) in [5.74, 6) is -1.81. The normalized spacial score (nSPS) is 12.8. The van der Waals surface area contributed by atoms with Gasteiger partial charge in [-0.25, -0.2) is 4.39 Å². The number of hydrogen-bond donors (Lipinski definition) is 2. The summed E-state index contributed by atoms with van der Waals surface area (Å²) in [7, 11) is 0. The molecule has 3 rings (SSSR count). The molecule has 0 atom stereocenters. The second kappa shape index (κ2) is 5.81. The lowest BCUT2D eigenvalue weighted by atomic mass is 10.1. The van der Waals surface area contributed by atoms with Crippen molar-refractivity contribution in [3.05, 3.63) is 63.9 Å². The van der Waals surface area contributed by atoms with Crippen molar-refractivity contribution in [1.82, 2.24) is 5.32 Å². The molecule has 3 amide bonds. The van der Waals surface area contributed by atoms with E-state index < -0.39 is 17.6 Å². The maximum atomic E-state index is 13.0. The molecular formula is C16H10ClFN2O3. The third-order valence-corrected chi connectivity index (χ3v) is 3.74. The molecule has 2 aromatic rings. The fraction of sp³-hybridized carbons (Fsp3) is 0.0625. The number of nitrogens with one attached hydrogen (secondary N) is 2. The molecule has 2 N–H and O–H groups in total. The zero-order chi connectivity index (χ0) is 16.6. The van der Waals surface area contributed by atoms with E-state index in [0.717, 1.165) is 6.07 Å². The van der Waals surface area contributed by atoms with Gasteiger partial charge in [-0.1, -0.05) is 17.7 Å². The Morgan fingerprint density at radius 3 is 2.57 bits per heavy atom. The molecule has 0 spiro atoms. The third-order valence-electron chi connectivity index (χ3n) is 3.39. The number of carbonyl (C=O) groups excluding carboxylic acids is 3. The number of fused-ring (bicyclic) bond motifs is 1. The number of amides is 3. The van der Waals surface area contributed by atoms with Crippen molar-refractivity contribution in [3.63, 3.8) is 0 Å². The van der Waals surface area contributed by atoms with E-state index in [1.807, 2.05) is 0 Å². The maximum absolute atomic E-state index is 13.0. The van der Waals surface area contributed by atoms with Crippen molar-refractivity contribution in [3.8, 4) is 0 Å². The van der Waals surface area contributed by atoms with Crippen molar-refractivity contribution in [2.45, 2.75) is 6.42 Å². The number of benzene rings is 2. The summed E-state index contributed by atoms with van der Waals surface area (Å²) in [6.45, 7) is 0. The first kappa shape index (κ1) is 15.2. The molecule has 5 nitrogen and oxygen atoms in total. The van der Waals surface area contributed by atoms with Crippen LogP contribution in [-0.2, 0) is 11.2 Å². The van der Waals surface area contributed by atoms with Crippen LogP contribution in [0.3, 0.4) is 0 Å². The molecule has 0 saturated carbocycles. The van der Waals surface area contributed by atoms with Crippen LogP contribution in [0.1, 0.15) is 26.3 Å². The van der Waals surface area contributed by atoms with Crippen LogP contribution in [0.5, 0.6) is 0 Å².